The number of nitrogens with zero attached hydrogens (tertiary/aromatic N) is 1. The fourth-order valence-electron chi connectivity index (χ4n) is 3.82. The molecule has 2 amide bonds. The standard InChI is InChI=1S/C26H25FN2O3S/c1-17(25(30)28-15-19-7-3-5-9-22(19)32-2)24-26(31)29(16-18-11-13-20(27)14-12-18)21-8-4-6-10-23(21)33-24/h3-14,17,24H,15-16H2,1-2H3,(H,28,30)/t17-,24-/m0/s1. The van der Waals surface area contributed by atoms with Gasteiger partial charge in [0.25, 0.3) is 0 Å². The Bertz CT molecular complexity index is 1150. The summed E-state index contributed by atoms with van der Waals surface area (Å²) in [5.74, 6) is -0.511. The molecule has 0 unspecified atom stereocenters. The molecule has 0 aliphatic carbocycles. The lowest BCUT2D eigenvalue weighted by Crippen LogP contribution is -2.47. The lowest BCUT2D eigenvalue weighted by atomic mass is 10.0. The summed E-state index contributed by atoms with van der Waals surface area (Å²) in [5.41, 5.74) is 2.49. The summed E-state index contributed by atoms with van der Waals surface area (Å²) in [6.07, 6.45) is 0. The van der Waals surface area contributed by atoms with Gasteiger partial charge in [-0.15, -0.1) is 11.8 Å². The molecule has 3 aromatic carbocycles. The number of methoxy groups -OCH3 is 1. The number of carbonyl (C=O) groups excluding carboxylic acids is 2. The number of nitrogens with one attached hydrogen (secondary N) is 1. The van der Waals surface area contributed by atoms with Crippen molar-refractivity contribution in [3.05, 3.63) is 89.7 Å². The van der Waals surface area contributed by atoms with E-state index < -0.39 is 11.2 Å². The third-order valence-corrected chi connectivity index (χ3v) is 7.15. The van der Waals surface area contributed by atoms with Gasteiger partial charge < -0.3 is 15.0 Å². The maximum atomic E-state index is 13.5. The van der Waals surface area contributed by atoms with E-state index in [9.17, 15) is 14.0 Å². The average Bonchev–Trinajstić information content (AvgIpc) is 2.85. The molecule has 1 heterocycles. The molecule has 0 fully saturated rings. The first-order chi connectivity index (χ1) is 16.0. The topological polar surface area (TPSA) is 58.6 Å². The van der Waals surface area contributed by atoms with Crippen molar-refractivity contribution in [1.82, 2.24) is 5.32 Å². The highest BCUT2D eigenvalue weighted by molar-refractivity contribution is 8.01. The van der Waals surface area contributed by atoms with Gasteiger partial charge in [0.15, 0.2) is 0 Å². The molecular formula is C26H25FN2O3S. The number of hydrogen-bond acceptors (Lipinski definition) is 4. The highest BCUT2D eigenvalue weighted by Crippen LogP contribution is 2.42. The van der Waals surface area contributed by atoms with Crippen LogP contribution in [0.1, 0.15) is 18.1 Å². The lowest BCUT2D eigenvalue weighted by molar-refractivity contribution is -0.128. The monoisotopic (exact) mass is 464 g/mol. The van der Waals surface area contributed by atoms with Gasteiger partial charge in [0.2, 0.25) is 11.8 Å². The predicted molar refractivity (Wildman–Crippen MR) is 128 cm³/mol. The highest BCUT2D eigenvalue weighted by atomic mass is 32.2. The molecule has 1 N–H and O–H groups in total. The second-order valence-electron chi connectivity index (χ2n) is 7.88. The van der Waals surface area contributed by atoms with Gasteiger partial charge in [0.05, 0.1) is 25.3 Å². The Morgan fingerprint density at radius 2 is 1.79 bits per heavy atom. The highest BCUT2D eigenvalue weighted by Gasteiger charge is 2.39. The predicted octanol–water partition coefficient (Wildman–Crippen LogP) is 4.79. The first-order valence-corrected chi connectivity index (χ1v) is 11.6. The molecule has 0 saturated heterocycles. The lowest BCUT2D eigenvalue weighted by Gasteiger charge is -2.35. The molecule has 4 rings (SSSR count). The second-order valence-corrected chi connectivity index (χ2v) is 9.06. The Morgan fingerprint density at radius 1 is 1.09 bits per heavy atom. The van der Waals surface area contributed by atoms with Crippen molar-refractivity contribution in [2.75, 3.05) is 12.0 Å². The van der Waals surface area contributed by atoms with Crippen LogP contribution >= 0.6 is 11.8 Å². The number of hydrogen-bond donors (Lipinski definition) is 1. The molecule has 33 heavy (non-hydrogen) atoms. The maximum absolute atomic E-state index is 13.5. The molecular weight excluding hydrogens is 439 g/mol. The normalized spacial score (nSPS) is 16.2. The number of halogens is 1. The average molecular weight is 465 g/mol. The SMILES string of the molecule is COc1ccccc1CNC(=O)[C@@H](C)[C@@H]1Sc2ccccc2N(Cc2ccc(F)cc2)C1=O. The zero-order chi connectivity index (χ0) is 23.4. The summed E-state index contributed by atoms with van der Waals surface area (Å²) in [7, 11) is 1.59. The van der Waals surface area contributed by atoms with Crippen molar-refractivity contribution in [3.63, 3.8) is 0 Å². The van der Waals surface area contributed by atoms with Gasteiger partial charge in [-0.1, -0.05) is 49.4 Å². The van der Waals surface area contributed by atoms with Crippen molar-refractivity contribution in [1.29, 1.82) is 0 Å². The number of rotatable bonds is 7. The first kappa shape index (κ1) is 22.9. The van der Waals surface area contributed by atoms with Crippen LogP contribution in [0, 0.1) is 11.7 Å². The van der Waals surface area contributed by atoms with Crippen LogP contribution in [-0.4, -0.2) is 24.2 Å². The number of carbonyl (C=O) groups is 2. The van der Waals surface area contributed by atoms with Gasteiger partial charge in [-0.3, -0.25) is 9.59 Å². The zero-order valence-electron chi connectivity index (χ0n) is 18.5. The minimum absolute atomic E-state index is 0.136. The van der Waals surface area contributed by atoms with Crippen molar-refractivity contribution in [2.45, 2.75) is 30.2 Å². The summed E-state index contributed by atoms with van der Waals surface area (Å²) in [4.78, 5) is 29.1. The van der Waals surface area contributed by atoms with Crippen LogP contribution in [0.3, 0.4) is 0 Å². The Labute approximate surface area is 196 Å². The van der Waals surface area contributed by atoms with Crippen LogP contribution in [0.15, 0.2) is 77.7 Å². The minimum atomic E-state index is -0.571. The van der Waals surface area contributed by atoms with E-state index in [-0.39, 0.29) is 17.6 Å². The van der Waals surface area contributed by atoms with E-state index in [0.29, 0.717) is 18.8 Å². The molecule has 3 aromatic rings. The number of anilines is 1. The van der Waals surface area contributed by atoms with Gasteiger partial charge in [-0.25, -0.2) is 4.39 Å². The van der Waals surface area contributed by atoms with Crippen LogP contribution in [0.25, 0.3) is 0 Å². The third kappa shape index (κ3) is 5.03. The number of fused-ring (bicyclic) bond motifs is 1. The molecule has 2 atom stereocenters. The summed E-state index contributed by atoms with van der Waals surface area (Å²) in [6, 6.07) is 21.3. The van der Waals surface area contributed by atoms with Crippen LogP contribution in [0.5, 0.6) is 5.75 Å². The van der Waals surface area contributed by atoms with E-state index in [0.717, 1.165) is 21.7 Å². The molecule has 1 aliphatic rings. The molecule has 5 nitrogen and oxygen atoms in total. The van der Waals surface area contributed by atoms with Gasteiger partial charge in [0, 0.05) is 17.0 Å². The summed E-state index contributed by atoms with van der Waals surface area (Å²) >= 11 is 1.41. The van der Waals surface area contributed by atoms with Crippen molar-refractivity contribution in [3.8, 4) is 5.75 Å². The summed E-state index contributed by atoms with van der Waals surface area (Å²) < 4.78 is 18.7. The molecule has 0 saturated carbocycles. The van der Waals surface area contributed by atoms with Crippen LogP contribution in [0.4, 0.5) is 10.1 Å². The van der Waals surface area contributed by atoms with E-state index in [4.69, 9.17) is 4.74 Å². The van der Waals surface area contributed by atoms with E-state index in [1.165, 1.54) is 23.9 Å². The van der Waals surface area contributed by atoms with Crippen molar-refractivity contribution >= 4 is 29.3 Å². The fraction of sp³-hybridized carbons (Fsp3) is 0.231. The molecule has 7 heteroatoms. The van der Waals surface area contributed by atoms with Crippen molar-refractivity contribution in [2.24, 2.45) is 5.92 Å². The molecule has 1 aliphatic heterocycles. The fourth-order valence-corrected chi connectivity index (χ4v) is 5.11. The molecule has 0 radical (unpaired) electrons. The van der Waals surface area contributed by atoms with Crippen LogP contribution in [0.2, 0.25) is 0 Å². The third-order valence-electron chi connectivity index (χ3n) is 5.69. The van der Waals surface area contributed by atoms with Crippen LogP contribution in [-0.2, 0) is 22.7 Å². The molecule has 0 spiro atoms. The second kappa shape index (κ2) is 10.1. The van der Waals surface area contributed by atoms with E-state index in [1.807, 2.05) is 48.5 Å². The first-order valence-electron chi connectivity index (χ1n) is 10.7. The molecule has 0 aromatic heterocycles. The molecule has 170 valence electrons. The van der Waals surface area contributed by atoms with E-state index in [2.05, 4.69) is 5.32 Å². The zero-order valence-corrected chi connectivity index (χ0v) is 19.3. The summed E-state index contributed by atoms with van der Waals surface area (Å²) in [5, 5.41) is 2.37. The van der Waals surface area contributed by atoms with Gasteiger partial charge in [-0.05, 0) is 35.9 Å². The largest absolute Gasteiger partial charge is 0.496 e. The molecule has 0 bridgehead atoms. The number of amides is 2. The minimum Gasteiger partial charge on any atom is -0.496 e. The Morgan fingerprint density at radius 3 is 2.55 bits per heavy atom. The van der Waals surface area contributed by atoms with Gasteiger partial charge in [0.1, 0.15) is 16.8 Å². The quantitative estimate of drug-likeness (QED) is 0.546. The number of para-hydroxylation sites is 2. The Hall–Kier alpha value is -3.32. The van der Waals surface area contributed by atoms with Gasteiger partial charge in [-0.2, -0.15) is 0 Å². The maximum Gasteiger partial charge on any atom is 0.241 e. The van der Waals surface area contributed by atoms with E-state index in [1.54, 1.807) is 31.1 Å². The number of thioether (sulfide) groups is 1. The number of ether oxygens (including phenoxy) is 1. The smallest absolute Gasteiger partial charge is 0.241 e. The Kier molecular flexibility index (Phi) is 6.99. The van der Waals surface area contributed by atoms with E-state index >= 15 is 0 Å². The van der Waals surface area contributed by atoms with Crippen LogP contribution < -0.4 is 15.0 Å². The Balaban J connectivity index is 1.52. The van der Waals surface area contributed by atoms with Gasteiger partial charge >= 0.3 is 0 Å². The number of benzene rings is 3. The van der Waals surface area contributed by atoms with Crippen molar-refractivity contribution < 1.29 is 18.7 Å². The summed E-state index contributed by atoms with van der Waals surface area (Å²) in [6.45, 7) is 2.40.